The number of hydrogen-bond donors (Lipinski definition) is 2. The van der Waals surface area contributed by atoms with Gasteiger partial charge in [-0.2, -0.15) is 13.2 Å². The zero-order valence-electron chi connectivity index (χ0n) is 11.9. The largest absolute Gasteiger partial charge is 0.416 e. The van der Waals surface area contributed by atoms with Crippen LogP contribution in [-0.2, 0) is 6.18 Å². The molecule has 2 unspecified atom stereocenters. The molecule has 0 radical (unpaired) electrons. The van der Waals surface area contributed by atoms with Crippen molar-refractivity contribution >= 4 is 0 Å². The standard InChI is InChI=1S/C15H22F3NO/c1-11(10-20)4-3-9-19-12(2)13-5-7-14(8-6-13)15(16,17)18/h5-8,11-12,19-20H,3-4,9-10H2,1-2H3. The van der Waals surface area contributed by atoms with Crippen LogP contribution < -0.4 is 5.32 Å². The highest BCUT2D eigenvalue weighted by Crippen LogP contribution is 2.29. The van der Waals surface area contributed by atoms with E-state index in [1.807, 2.05) is 13.8 Å². The van der Waals surface area contributed by atoms with Crippen LogP contribution in [0, 0.1) is 5.92 Å². The van der Waals surface area contributed by atoms with Crippen LogP contribution in [0.1, 0.15) is 43.9 Å². The Morgan fingerprint density at radius 1 is 1.15 bits per heavy atom. The highest BCUT2D eigenvalue weighted by Gasteiger charge is 2.30. The number of hydrogen-bond acceptors (Lipinski definition) is 2. The van der Waals surface area contributed by atoms with Crippen LogP contribution in [0.4, 0.5) is 13.2 Å². The van der Waals surface area contributed by atoms with E-state index in [4.69, 9.17) is 5.11 Å². The Morgan fingerprint density at radius 3 is 2.25 bits per heavy atom. The zero-order chi connectivity index (χ0) is 15.2. The van der Waals surface area contributed by atoms with E-state index in [-0.39, 0.29) is 18.6 Å². The molecule has 0 aromatic heterocycles. The van der Waals surface area contributed by atoms with E-state index >= 15 is 0 Å². The summed E-state index contributed by atoms with van der Waals surface area (Å²) < 4.78 is 37.3. The maximum absolute atomic E-state index is 12.4. The molecule has 114 valence electrons. The van der Waals surface area contributed by atoms with Crippen LogP contribution in [-0.4, -0.2) is 18.3 Å². The summed E-state index contributed by atoms with van der Waals surface area (Å²) in [6.45, 7) is 4.89. The number of rotatable bonds is 7. The third-order valence-electron chi connectivity index (χ3n) is 3.37. The first-order chi connectivity index (χ1) is 9.34. The molecule has 5 heteroatoms. The lowest BCUT2D eigenvalue weighted by atomic mass is 10.0. The van der Waals surface area contributed by atoms with Crippen molar-refractivity contribution in [3.8, 4) is 0 Å². The number of aliphatic hydroxyl groups excluding tert-OH is 1. The van der Waals surface area contributed by atoms with Gasteiger partial charge in [0.15, 0.2) is 0 Å². The zero-order valence-corrected chi connectivity index (χ0v) is 11.9. The van der Waals surface area contributed by atoms with Gasteiger partial charge in [-0.3, -0.25) is 0 Å². The maximum atomic E-state index is 12.4. The van der Waals surface area contributed by atoms with Crippen molar-refractivity contribution in [2.45, 2.75) is 38.9 Å². The summed E-state index contributed by atoms with van der Waals surface area (Å²) in [5.74, 6) is 0.290. The Hall–Kier alpha value is -1.07. The van der Waals surface area contributed by atoms with E-state index in [2.05, 4.69) is 5.32 Å². The van der Waals surface area contributed by atoms with Gasteiger partial charge in [-0.05, 0) is 49.9 Å². The number of nitrogens with one attached hydrogen (secondary N) is 1. The first kappa shape index (κ1) is 17.0. The smallest absolute Gasteiger partial charge is 0.396 e. The third kappa shape index (κ3) is 5.51. The minimum atomic E-state index is -4.28. The Morgan fingerprint density at radius 2 is 1.75 bits per heavy atom. The Kier molecular flexibility index (Phi) is 6.49. The van der Waals surface area contributed by atoms with Crippen LogP contribution >= 0.6 is 0 Å². The summed E-state index contributed by atoms with van der Waals surface area (Å²) in [4.78, 5) is 0. The van der Waals surface area contributed by atoms with Crippen molar-refractivity contribution in [3.63, 3.8) is 0 Å². The van der Waals surface area contributed by atoms with Crippen LogP contribution in [0.5, 0.6) is 0 Å². The number of alkyl halides is 3. The first-order valence-electron chi connectivity index (χ1n) is 6.86. The lowest BCUT2D eigenvalue weighted by Gasteiger charge is -2.16. The SMILES string of the molecule is CC(CO)CCCNC(C)c1ccc(C(F)(F)F)cc1. The minimum Gasteiger partial charge on any atom is -0.396 e. The van der Waals surface area contributed by atoms with Crippen molar-refractivity contribution in [2.24, 2.45) is 5.92 Å². The molecular formula is C15H22F3NO. The van der Waals surface area contributed by atoms with Gasteiger partial charge >= 0.3 is 6.18 Å². The highest BCUT2D eigenvalue weighted by atomic mass is 19.4. The summed E-state index contributed by atoms with van der Waals surface area (Å²) >= 11 is 0. The van der Waals surface area contributed by atoms with Crippen molar-refractivity contribution < 1.29 is 18.3 Å². The molecule has 0 spiro atoms. The summed E-state index contributed by atoms with van der Waals surface area (Å²) in [6, 6.07) is 5.26. The molecule has 2 atom stereocenters. The van der Waals surface area contributed by atoms with E-state index in [1.165, 1.54) is 12.1 Å². The lowest BCUT2D eigenvalue weighted by molar-refractivity contribution is -0.137. The predicted molar refractivity (Wildman–Crippen MR) is 73.3 cm³/mol. The predicted octanol–water partition coefficient (Wildman–Crippen LogP) is 3.76. The van der Waals surface area contributed by atoms with Gasteiger partial charge in [-0.25, -0.2) is 0 Å². The van der Waals surface area contributed by atoms with Gasteiger partial charge in [0.1, 0.15) is 0 Å². The van der Waals surface area contributed by atoms with Gasteiger partial charge in [0.25, 0.3) is 0 Å². The molecule has 0 aliphatic rings. The third-order valence-corrected chi connectivity index (χ3v) is 3.37. The minimum absolute atomic E-state index is 0.0155. The molecule has 1 aromatic rings. The molecule has 0 bridgehead atoms. The molecule has 0 fully saturated rings. The topological polar surface area (TPSA) is 32.3 Å². The van der Waals surface area contributed by atoms with Gasteiger partial charge < -0.3 is 10.4 Å². The van der Waals surface area contributed by atoms with Gasteiger partial charge in [0.2, 0.25) is 0 Å². The average molecular weight is 289 g/mol. The van der Waals surface area contributed by atoms with Gasteiger partial charge in [0, 0.05) is 12.6 Å². The highest BCUT2D eigenvalue weighted by molar-refractivity contribution is 5.26. The number of aliphatic hydroxyl groups is 1. The van der Waals surface area contributed by atoms with Gasteiger partial charge in [0.05, 0.1) is 5.56 Å². The monoisotopic (exact) mass is 289 g/mol. The summed E-state index contributed by atoms with van der Waals surface area (Å²) in [5, 5.41) is 12.2. The van der Waals surface area contributed by atoms with Crippen molar-refractivity contribution in [1.29, 1.82) is 0 Å². The van der Waals surface area contributed by atoms with Crippen LogP contribution in [0.25, 0.3) is 0 Å². The van der Waals surface area contributed by atoms with Crippen LogP contribution in [0.3, 0.4) is 0 Å². The van der Waals surface area contributed by atoms with Crippen molar-refractivity contribution in [2.75, 3.05) is 13.2 Å². The second kappa shape index (κ2) is 7.64. The molecule has 0 amide bonds. The molecule has 20 heavy (non-hydrogen) atoms. The molecule has 0 heterocycles. The average Bonchev–Trinajstić information content (AvgIpc) is 2.42. The van der Waals surface area contributed by atoms with Crippen LogP contribution in [0.15, 0.2) is 24.3 Å². The van der Waals surface area contributed by atoms with Crippen molar-refractivity contribution in [1.82, 2.24) is 5.32 Å². The molecule has 0 aliphatic carbocycles. The van der Waals surface area contributed by atoms with Crippen molar-refractivity contribution in [3.05, 3.63) is 35.4 Å². The van der Waals surface area contributed by atoms with Gasteiger partial charge in [-0.15, -0.1) is 0 Å². The van der Waals surface area contributed by atoms with Crippen LogP contribution in [0.2, 0.25) is 0 Å². The molecule has 1 rings (SSSR count). The van der Waals surface area contributed by atoms with E-state index < -0.39 is 11.7 Å². The van der Waals surface area contributed by atoms with E-state index in [9.17, 15) is 13.2 Å². The number of benzene rings is 1. The second-order valence-corrected chi connectivity index (χ2v) is 5.23. The second-order valence-electron chi connectivity index (χ2n) is 5.23. The Labute approximate surface area is 118 Å². The van der Waals surface area contributed by atoms with E-state index in [0.29, 0.717) is 0 Å². The lowest BCUT2D eigenvalue weighted by Crippen LogP contribution is -2.20. The molecule has 1 aromatic carbocycles. The molecule has 0 saturated carbocycles. The summed E-state index contributed by atoms with van der Waals surface area (Å²) in [7, 11) is 0. The Bertz CT molecular complexity index is 389. The fourth-order valence-electron chi connectivity index (χ4n) is 1.94. The molecule has 2 N–H and O–H groups in total. The summed E-state index contributed by atoms with van der Waals surface area (Å²) in [6.07, 6.45) is -2.41. The fourth-order valence-corrected chi connectivity index (χ4v) is 1.94. The normalized spacial score (nSPS) is 15.1. The molecule has 0 aliphatic heterocycles. The molecule has 0 saturated heterocycles. The summed E-state index contributed by atoms with van der Waals surface area (Å²) in [5.41, 5.74) is 0.221. The van der Waals surface area contributed by atoms with E-state index in [0.717, 1.165) is 37.1 Å². The number of halogens is 3. The fraction of sp³-hybridized carbons (Fsp3) is 0.600. The maximum Gasteiger partial charge on any atom is 0.416 e. The Balaban J connectivity index is 2.42. The first-order valence-corrected chi connectivity index (χ1v) is 6.86. The molecule has 2 nitrogen and oxygen atoms in total. The quantitative estimate of drug-likeness (QED) is 0.749. The molecular weight excluding hydrogens is 267 g/mol. The van der Waals surface area contributed by atoms with Gasteiger partial charge in [-0.1, -0.05) is 19.1 Å². The van der Waals surface area contributed by atoms with E-state index in [1.54, 1.807) is 0 Å².